The van der Waals surface area contributed by atoms with Gasteiger partial charge in [0, 0.05) is 13.5 Å². The number of fused-ring (bicyclic) bond motifs is 1. The van der Waals surface area contributed by atoms with E-state index in [9.17, 15) is 4.79 Å². The topological polar surface area (TPSA) is 67.9 Å². The number of nitrogens with two attached hydrogens (primary N) is 1. The Morgan fingerprint density at radius 3 is 2.80 bits per heavy atom. The lowest BCUT2D eigenvalue weighted by atomic mass is 9.86. The molecule has 0 saturated carbocycles. The van der Waals surface area contributed by atoms with Gasteiger partial charge in [0.1, 0.15) is 5.75 Å². The van der Waals surface area contributed by atoms with Crippen molar-refractivity contribution in [2.45, 2.75) is 25.3 Å². The summed E-state index contributed by atoms with van der Waals surface area (Å²) >= 11 is 0. The zero-order chi connectivity index (χ0) is 17.6. The van der Waals surface area contributed by atoms with Crippen LogP contribution in [0.25, 0.3) is 11.1 Å². The number of guanidine groups is 1. The lowest BCUT2D eigenvalue weighted by molar-refractivity contribution is -0.128. The standard InChI is InChI=1S/C20H21N3O2/c1-20(12-18(24)23(2)19(21)22-20)16-5-3-4-13(11-16)14-6-7-17-15(10-14)8-9-25-17/h3-7,10-11H,8-9,12H2,1-2H3,(H2,21,22). The molecule has 25 heavy (non-hydrogen) atoms. The van der Waals surface area contributed by atoms with Crippen LogP contribution in [-0.4, -0.2) is 30.4 Å². The number of hydrogen-bond acceptors (Lipinski definition) is 4. The van der Waals surface area contributed by atoms with Crippen molar-refractivity contribution in [2.75, 3.05) is 13.7 Å². The SMILES string of the molecule is CN1C(=O)CC(C)(c2cccc(-c3ccc4c(c3)CCO4)c2)N=C1N. The van der Waals surface area contributed by atoms with Gasteiger partial charge in [-0.05, 0) is 47.4 Å². The van der Waals surface area contributed by atoms with Gasteiger partial charge in [0.2, 0.25) is 5.91 Å². The van der Waals surface area contributed by atoms with Crippen molar-refractivity contribution in [2.24, 2.45) is 10.7 Å². The van der Waals surface area contributed by atoms with Crippen LogP contribution in [0.2, 0.25) is 0 Å². The van der Waals surface area contributed by atoms with Crippen LogP contribution in [-0.2, 0) is 16.8 Å². The summed E-state index contributed by atoms with van der Waals surface area (Å²) in [7, 11) is 1.66. The number of aliphatic imine (C=N–C) groups is 1. The van der Waals surface area contributed by atoms with Crippen LogP contribution < -0.4 is 10.5 Å². The lowest BCUT2D eigenvalue weighted by Gasteiger charge is -2.33. The van der Waals surface area contributed by atoms with Gasteiger partial charge in [0.05, 0.1) is 18.6 Å². The number of rotatable bonds is 2. The zero-order valence-electron chi connectivity index (χ0n) is 14.5. The first-order valence-corrected chi connectivity index (χ1v) is 8.45. The summed E-state index contributed by atoms with van der Waals surface area (Å²) in [5.41, 5.74) is 9.78. The van der Waals surface area contributed by atoms with Gasteiger partial charge in [-0.25, -0.2) is 4.99 Å². The summed E-state index contributed by atoms with van der Waals surface area (Å²) in [5.74, 6) is 1.22. The van der Waals surface area contributed by atoms with Crippen molar-refractivity contribution in [1.82, 2.24) is 4.90 Å². The number of nitrogens with zero attached hydrogens (tertiary/aromatic N) is 2. The highest BCUT2D eigenvalue weighted by Crippen LogP contribution is 2.36. The predicted molar refractivity (Wildman–Crippen MR) is 97.4 cm³/mol. The number of hydrogen-bond donors (Lipinski definition) is 1. The first-order valence-electron chi connectivity index (χ1n) is 8.45. The van der Waals surface area contributed by atoms with E-state index in [2.05, 4.69) is 29.3 Å². The van der Waals surface area contributed by atoms with Gasteiger partial charge in [-0.1, -0.05) is 24.3 Å². The van der Waals surface area contributed by atoms with E-state index in [-0.39, 0.29) is 11.9 Å². The first-order chi connectivity index (χ1) is 12.0. The second kappa shape index (κ2) is 5.62. The molecule has 0 aromatic heterocycles. The van der Waals surface area contributed by atoms with E-state index in [1.54, 1.807) is 7.05 Å². The van der Waals surface area contributed by atoms with Gasteiger partial charge in [0.25, 0.3) is 0 Å². The quantitative estimate of drug-likeness (QED) is 0.917. The Labute approximate surface area is 147 Å². The van der Waals surface area contributed by atoms with Crippen molar-refractivity contribution >= 4 is 11.9 Å². The predicted octanol–water partition coefficient (Wildman–Crippen LogP) is 2.68. The molecule has 0 fully saturated rings. The van der Waals surface area contributed by atoms with Crippen molar-refractivity contribution < 1.29 is 9.53 Å². The normalized spacial score (nSPS) is 22.4. The van der Waals surface area contributed by atoms with Crippen molar-refractivity contribution in [3.8, 4) is 16.9 Å². The van der Waals surface area contributed by atoms with Crippen LogP contribution in [0, 0.1) is 0 Å². The lowest BCUT2D eigenvalue weighted by Crippen LogP contribution is -2.47. The summed E-state index contributed by atoms with van der Waals surface area (Å²) in [6.45, 7) is 2.71. The highest BCUT2D eigenvalue weighted by atomic mass is 16.5. The third kappa shape index (κ3) is 2.65. The number of amides is 1. The first kappa shape index (κ1) is 15.7. The molecular weight excluding hydrogens is 314 g/mol. The fourth-order valence-corrected chi connectivity index (χ4v) is 3.47. The average Bonchev–Trinajstić information content (AvgIpc) is 3.07. The van der Waals surface area contributed by atoms with E-state index in [1.807, 2.05) is 25.1 Å². The largest absolute Gasteiger partial charge is 0.493 e. The van der Waals surface area contributed by atoms with E-state index in [1.165, 1.54) is 10.5 Å². The zero-order valence-corrected chi connectivity index (χ0v) is 14.5. The highest BCUT2D eigenvalue weighted by molar-refractivity contribution is 5.98. The Morgan fingerprint density at radius 1 is 1.20 bits per heavy atom. The molecule has 0 spiro atoms. The fourth-order valence-electron chi connectivity index (χ4n) is 3.47. The van der Waals surface area contributed by atoms with Gasteiger partial charge < -0.3 is 10.5 Å². The maximum Gasteiger partial charge on any atom is 0.231 e. The third-order valence-corrected chi connectivity index (χ3v) is 5.08. The average molecular weight is 335 g/mol. The Bertz CT molecular complexity index is 890. The Morgan fingerprint density at radius 2 is 2.00 bits per heavy atom. The second-order valence-electron chi connectivity index (χ2n) is 6.88. The summed E-state index contributed by atoms with van der Waals surface area (Å²) in [6.07, 6.45) is 1.26. The molecule has 2 aromatic rings. The van der Waals surface area contributed by atoms with E-state index >= 15 is 0 Å². The van der Waals surface area contributed by atoms with Gasteiger partial charge in [-0.2, -0.15) is 0 Å². The summed E-state index contributed by atoms with van der Waals surface area (Å²) in [6, 6.07) is 14.5. The van der Waals surface area contributed by atoms with E-state index in [4.69, 9.17) is 10.5 Å². The van der Waals surface area contributed by atoms with E-state index in [0.717, 1.165) is 35.5 Å². The minimum atomic E-state index is -0.635. The van der Waals surface area contributed by atoms with Crippen LogP contribution >= 0.6 is 0 Å². The number of carbonyl (C=O) groups excluding carboxylic acids is 1. The van der Waals surface area contributed by atoms with E-state index < -0.39 is 5.54 Å². The fraction of sp³-hybridized carbons (Fsp3) is 0.300. The van der Waals surface area contributed by atoms with Crippen molar-refractivity contribution in [3.05, 3.63) is 53.6 Å². The van der Waals surface area contributed by atoms with Crippen LogP contribution in [0.4, 0.5) is 0 Å². The molecule has 2 aliphatic heterocycles. The van der Waals surface area contributed by atoms with Crippen molar-refractivity contribution in [1.29, 1.82) is 0 Å². The monoisotopic (exact) mass is 335 g/mol. The molecule has 2 aliphatic rings. The van der Waals surface area contributed by atoms with Gasteiger partial charge >= 0.3 is 0 Å². The Balaban J connectivity index is 1.74. The van der Waals surface area contributed by atoms with E-state index in [0.29, 0.717) is 6.42 Å². The summed E-state index contributed by atoms with van der Waals surface area (Å²) in [4.78, 5) is 18.2. The van der Waals surface area contributed by atoms with Crippen molar-refractivity contribution in [3.63, 3.8) is 0 Å². The molecule has 2 N–H and O–H groups in total. The Kier molecular flexibility index (Phi) is 3.53. The summed E-state index contributed by atoms with van der Waals surface area (Å²) in [5, 5.41) is 0. The number of benzene rings is 2. The van der Waals surface area contributed by atoms with Gasteiger partial charge in [-0.3, -0.25) is 9.69 Å². The number of ether oxygens (including phenoxy) is 1. The van der Waals surface area contributed by atoms with Gasteiger partial charge in [0.15, 0.2) is 5.96 Å². The molecule has 5 heteroatoms. The van der Waals surface area contributed by atoms with Crippen LogP contribution in [0.3, 0.4) is 0 Å². The smallest absolute Gasteiger partial charge is 0.231 e. The third-order valence-electron chi connectivity index (χ3n) is 5.08. The molecule has 4 rings (SSSR count). The molecule has 5 nitrogen and oxygen atoms in total. The van der Waals surface area contributed by atoms with Crippen LogP contribution in [0.15, 0.2) is 47.5 Å². The number of carbonyl (C=O) groups is 1. The molecule has 1 amide bonds. The maximum atomic E-state index is 12.2. The molecular formula is C20H21N3O2. The molecule has 0 aliphatic carbocycles. The molecule has 2 aromatic carbocycles. The molecule has 0 radical (unpaired) electrons. The molecule has 128 valence electrons. The summed E-state index contributed by atoms with van der Waals surface area (Å²) < 4.78 is 5.58. The molecule has 0 saturated heterocycles. The second-order valence-corrected chi connectivity index (χ2v) is 6.88. The minimum Gasteiger partial charge on any atom is -0.493 e. The maximum absolute atomic E-state index is 12.2. The van der Waals surface area contributed by atoms with Gasteiger partial charge in [-0.15, -0.1) is 0 Å². The molecule has 1 atom stereocenters. The Hall–Kier alpha value is -2.82. The van der Waals surface area contributed by atoms with Crippen LogP contribution in [0.1, 0.15) is 24.5 Å². The molecule has 1 unspecified atom stereocenters. The highest BCUT2D eigenvalue weighted by Gasteiger charge is 2.36. The van der Waals surface area contributed by atoms with Crippen LogP contribution in [0.5, 0.6) is 5.75 Å². The molecule has 0 bridgehead atoms. The molecule has 2 heterocycles. The minimum absolute atomic E-state index is 0.0184.